The number of rotatable bonds is 3. The maximum absolute atomic E-state index is 13.3. The predicted molar refractivity (Wildman–Crippen MR) is 119 cm³/mol. The highest BCUT2D eigenvalue weighted by Gasteiger charge is 2.77. The van der Waals surface area contributed by atoms with Crippen molar-refractivity contribution in [3.8, 4) is 0 Å². The molecular formula is C24H29ClO10. The SMILES string of the molecule is C=C1C[C@@H](O)[C@H]2O[C@]3([C@H](OC(=O)CO)[C@@H]4[C@]2(C)C=CC(=O)[C@@]4(C)OC(C)=O)[C@@H](C)C(=O)O[C@H]3[C@H]1Cl. The minimum Gasteiger partial charge on any atom is -0.457 e. The molecule has 3 saturated heterocycles. The Hall–Kier alpha value is -2.27. The highest BCUT2D eigenvalue weighted by atomic mass is 35.5. The zero-order valence-electron chi connectivity index (χ0n) is 19.9. The summed E-state index contributed by atoms with van der Waals surface area (Å²) in [5.74, 6) is -5.30. The predicted octanol–water partition coefficient (Wildman–Crippen LogP) is 0.601. The van der Waals surface area contributed by atoms with E-state index in [1.165, 1.54) is 26.0 Å². The first-order valence-corrected chi connectivity index (χ1v) is 11.8. The van der Waals surface area contributed by atoms with E-state index in [0.29, 0.717) is 5.57 Å². The fraction of sp³-hybridized carbons (Fsp3) is 0.667. The second-order valence-corrected chi connectivity index (χ2v) is 10.6. The molecule has 0 amide bonds. The lowest BCUT2D eigenvalue weighted by Gasteiger charge is -2.63. The summed E-state index contributed by atoms with van der Waals surface area (Å²) in [6.07, 6.45) is -2.13. The van der Waals surface area contributed by atoms with Gasteiger partial charge in [-0.15, -0.1) is 11.6 Å². The van der Waals surface area contributed by atoms with Gasteiger partial charge in [-0.3, -0.25) is 14.4 Å². The number of hydrogen-bond donors (Lipinski definition) is 2. The molecule has 1 aliphatic carbocycles. The molecule has 0 aromatic rings. The van der Waals surface area contributed by atoms with Crippen molar-refractivity contribution < 1.29 is 48.3 Å². The molecular weight excluding hydrogens is 484 g/mol. The number of alkyl halides is 1. The standard InChI is InChI=1S/C24H29ClO10/c1-10-8-13(28)18-22(4)7-6-14(29)23(5,34-12(3)27)17(22)20(32-15(30)9-26)24(35-18)11(2)21(31)33-19(24)16(10)25/h6-7,11,13,16-20,26,28H,1,8-9H2,2-5H3/t11-,13+,16-,17+,18+,19-,20+,22-,23+,24+/m0/s1. The molecule has 1 spiro atoms. The average Bonchev–Trinajstić information content (AvgIpc) is 3.02. The Balaban J connectivity index is 2.06. The van der Waals surface area contributed by atoms with E-state index in [0.717, 1.165) is 6.92 Å². The van der Waals surface area contributed by atoms with E-state index in [1.54, 1.807) is 6.92 Å². The van der Waals surface area contributed by atoms with E-state index < -0.39 is 88.5 Å². The number of hydrogen-bond acceptors (Lipinski definition) is 10. The second kappa shape index (κ2) is 8.40. The summed E-state index contributed by atoms with van der Waals surface area (Å²) >= 11 is 6.69. The third-order valence-electron chi connectivity index (χ3n) is 7.98. The van der Waals surface area contributed by atoms with Crippen LogP contribution in [-0.2, 0) is 38.1 Å². The van der Waals surface area contributed by atoms with Crippen molar-refractivity contribution in [3.05, 3.63) is 24.3 Å². The van der Waals surface area contributed by atoms with Crippen LogP contribution in [0.2, 0.25) is 0 Å². The van der Waals surface area contributed by atoms with E-state index in [-0.39, 0.29) is 6.42 Å². The van der Waals surface area contributed by atoms with Gasteiger partial charge in [-0.2, -0.15) is 0 Å². The molecule has 3 fully saturated rings. The van der Waals surface area contributed by atoms with Crippen molar-refractivity contribution in [1.82, 2.24) is 0 Å². The smallest absolute Gasteiger partial charge is 0.332 e. The van der Waals surface area contributed by atoms with Gasteiger partial charge in [-0.1, -0.05) is 25.2 Å². The Labute approximate surface area is 207 Å². The molecule has 2 bridgehead atoms. The van der Waals surface area contributed by atoms with E-state index >= 15 is 0 Å². The fourth-order valence-corrected chi connectivity index (χ4v) is 6.73. The van der Waals surface area contributed by atoms with Gasteiger partial charge in [0.1, 0.15) is 12.7 Å². The highest BCUT2D eigenvalue weighted by molar-refractivity contribution is 6.23. The summed E-state index contributed by atoms with van der Waals surface area (Å²) in [5.41, 5.74) is -4.52. The summed E-state index contributed by atoms with van der Waals surface area (Å²) in [6, 6.07) is 0. The van der Waals surface area contributed by atoms with Crippen LogP contribution in [0.3, 0.4) is 0 Å². The number of aliphatic hydroxyl groups is 2. The third kappa shape index (κ3) is 3.48. The summed E-state index contributed by atoms with van der Waals surface area (Å²) in [7, 11) is 0. The normalized spacial score (nSPS) is 46.6. The van der Waals surface area contributed by atoms with Crippen LogP contribution in [-0.4, -0.2) is 81.5 Å². The Kier molecular flexibility index (Phi) is 6.19. The minimum absolute atomic E-state index is 0.00676. The van der Waals surface area contributed by atoms with Crippen LogP contribution in [0.25, 0.3) is 0 Å². The van der Waals surface area contributed by atoms with Gasteiger partial charge in [0.2, 0.25) is 0 Å². The van der Waals surface area contributed by atoms with Gasteiger partial charge >= 0.3 is 17.9 Å². The number of carbonyl (C=O) groups is 4. The summed E-state index contributed by atoms with van der Waals surface area (Å²) < 4.78 is 23.5. The molecule has 35 heavy (non-hydrogen) atoms. The van der Waals surface area contributed by atoms with Gasteiger partial charge in [-0.25, -0.2) is 4.79 Å². The van der Waals surface area contributed by atoms with Crippen molar-refractivity contribution in [1.29, 1.82) is 0 Å². The van der Waals surface area contributed by atoms with Gasteiger partial charge in [0.05, 0.1) is 29.4 Å². The van der Waals surface area contributed by atoms with E-state index in [9.17, 15) is 29.4 Å². The molecule has 11 heteroatoms. The van der Waals surface area contributed by atoms with Gasteiger partial charge < -0.3 is 29.2 Å². The highest BCUT2D eigenvalue weighted by Crippen LogP contribution is 2.61. The molecule has 0 aromatic carbocycles. The number of ether oxygens (including phenoxy) is 4. The molecule has 4 rings (SSSR count). The van der Waals surface area contributed by atoms with E-state index in [4.69, 9.17) is 30.5 Å². The Morgan fingerprint density at radius 2 is 1.94 bits per heavy atom. The number of fused-ring (bicyclic) bond motifs is 3. The third-order valence-corrected chi connectivity index (χ3v) is 8.51. The first kappa shape index (κ1) is 25.8. The molecule has 3 heterocycles. The van der Waals surface area contributed by atoms with Gasteiger partial charge in [0, 0.05) is 12.3 Å². The molecule has 192 valence electrons. The van der Waals surface area contributed by atoms with Crippen LogP contribution in [0, 0.1) is 17.3 Å². The van der Waals surface area contributed by atoms with E-state index in [1.807, 2.05) is 0 Å². The summed E-state index contributed by atoms with van der Waals surface area (Å²) in [4.78, 5) is 50.9. The molecule has 0 radical (unpaired) electrons. The number of aliphatic hydroxyl groups excluding tert-OH is 2. The van der Waals surface area contributed by atoms with Crippen molar-refractivity contribution in [2.75, 3.05) is 6.61 Å². The van der Waals surface area contributed by atoms with Crippen LogP contribution in [0.15, 0.2) is 24.3 Å². The fourth-order valence-electron chi connectivity index (χ4n) is 6.39. The van der Waals surface area contributed by atoms with Gasteiger partial charge in [0.25, 0.3) is 0 Å². The second-order valence-electron chi connectivity index (χ2n) is 10.1. The molecule has 0 aromatic heterocycles. The Morgan fingerprint density at radius 3 is 2.54 bits per heavy atom. The van der Waals surface area contributed by atoms with Crippen molar-refractivity contribution in [2.24, 2.45) is 17.3 Å². The topological polar surface area (TPSA) is 146 Å². The van der Waals surface area contributed by atoms with Crippen molar-refractivity contribution >= 4 is 35.3 Å². The first-order valence-electron chi connectivity index (χ1n) is 11.4. The van der Waals surface area contributed by atoms with Crippen LogP contribution < -0.4 is 0 Å². The zero-order valence-corrected chi connectivity index (χ0v) is 20.6. The summed E-state index contributed by atoms with van der Waals surface area (Å²) in [5, 5.41) is 19.8. The maximum Gasteiger partial charge on any atom is 0.332 e. The number of esters is 3. The van der Waals surface area contributed by atoms with Crippen LogP contribution >= 0.6 is 11.6 Å². The van der Waals surface area contributed by atoms with Crippen molar-refractivity contribution in [3.63, 3.8) is 0 Å². The lowest BCUT2D eigenvalue weighted by molar-refractivity contribution is -0.319. The monoisotopic (exact) mass is 512 g/mol. The lowest BCUT2D eigenvalue weighted by Crippen LogP contribution is -2.77. The van der Waals surface area contributed by atoms with Crippen LogP contribution in [0.1, 0.15) is 34.1 Å². The first-order chi connectivity index (χ1) is 16.2. The average molecular weight is 513 g/mol. The van der Waals surface area contributed by atoms with E-state index in [2.05, 4.69) is 6.58 Å². The lowest BCUT2D eigenvalue weighted by atomic mass is 9.52. The van der Waals surface area contributed by atoms with Crippen molar-refractivity contribution in [2.45, 2.75) is 75.1 Å². The van der Waals surface area contributed by atoms with Gasteiger partial charge in [0.15, 0.2) is 23.1 Å². The molecule has 4 aliphatic rings. The number of ketones is 1. The molecule has 3 aliphatic heterocycles. The quantitative estimate of drug-likeness (QED) is 0.238. The zero-order chi connectivity index (χ0) is 26.1. The Bertz CT molecular complexity index is 1020. The van der Waals surface area contributed by atoms with Crippen LogP contribution in [0.5, 0.6) is 0 Å². The van der Waals surface area contributed by atoms with Crippen LogP contribution in [0.4, 0.5) is 0 Å². The van der Waals surface area contributed by atoms with Gasteiger partial charge in [-0.05, 0) is 26.3 Å². The minimum atomic E-state index is -1.88. The Morgan fingerprint density at radius 1 is 1.29 bits per heavy atom. The number of halogens is 1. The summed E-state index contributed by atoms with van der Waals surface area (Å²) in [6.45, 7) is 8.69. The molecule has 0 unspecified atom stereocenters. The largest absolute Gasteiger partial charge is 0.457 e. The molecule has 0 saturated carbocycles. The molecule has 10 atom stereocenters. The molecule has 2 N–H and O–H groups in total. The molecule has 10 nitrogen and oxygen atoms in total. The maximum atomic E-state index is 13.3. The number of carbonyl (C=O) groups excluding carboxylic acids is 4.